The Kier molecular flexibility index (Phi) is 5.50. The summed E-state index contributed by atoms with van der Waals surface area (Å²) in [6.45, 7) is 0. The highest BCUT2D eigenvalue weighted by molar-refractivity contribution is 6.15. The van der Waals surface area contributed by atoms with Crippen LogP contribution in [-0.2, 0) is 0 Å². The molecule has 1 atom stereocenters. The molecule has 0 bridgehead atoms. The number of hydrogen-bond donors (Lipinski definition) is 1. The second kappa shape index (κ2) is 9.82. The summed E-state index contributed by atoms with van der Waals surface area (Å²) in [6, 6.07) is 47.5. The molecule has 1 unspecified atom stereocenters. The van der Waals surface area contributed by atoms with E-state index in [-0.39, 0.29) is 6.17 Å². The third kappa shape index (κ3) is 4.02. The summed E-state index contributed by atoms with van der Waals surface area (Å²) < 4.78 is 12.5. The quantitative estimate of drug-likeness (QED) is 0.230. The van der Waals surface area contributed by atoms with Crippen molar-refractivity contribution in [3.05, 3.63) is 156 Å². The summed E-state index contributed by atoms with van der Waals surface area (Å²) in [7, 11) is 0. The van der Waals surface area contributed by atoms with Crippen LogP contribution in [0, 0.1) is 0 Å². The van der Waals surface area contributed by atoms with Gasteiger partial charge < -0.3 is 14.2 Å². The lowest BCUT2D eigenvalue weighted by molar-refractivity contribution is 0.663. The Morgan fingerprint density at radius 1 is 0.500 bits per heavy atom. The summed E-state index contributed by atoms with van der Waals surface area (Å²) in [5, 5.41) is 7.94. The molecular weight excluding hydrogens is 542 g/mol. The lowest BCUT2D eigenvalue weighted by atomic mass is 9.97. The van der Waals surface area contributed by atoms with Gasteiger partial charge in [-0.3, -0.25) is 0 Å². The fourth-order valence-electron chi connectivity index (χ4n) is 6.23. The topological polar surface area (TPSA) is 63.0 Å². The van der Waals surface area contributed by atoms with Gasteiger partial charge in [-0.25, -0.2) is 9.98 Å². The van der Waals surface area contributed by atoms with Gasteiger partial charge in [-0.15, -0.1) is 0 Å². The van der Waals surface area contributed by atoms with E-state index in [1.54, 1.807) is 0 Å². The molecule has 44 heavy (non-hydrogen) atoms. The summed E-state index contributed by atoms with van der Waals surface area (Å²) >= 11 is 0. The predicted molar refractivity (Wildman–Crippen MR) is 178 cm³/mol. The maximum Gasteiger partial charge on any atom is 0.159 e. The molecule has 1 aliphatic heterocycles. The lowest BCUT2D eigenvalue weighted by Crippen LogP contribution is -2.33. The lowest BCUT2D eigenvalue weighted by Gasteiger charge is -2.23. The van der Waals surface area contributed by atoms with Gasteiger partial charge in [0.2, 0.25) is 0 Å². The number of amidine groups is 2. The number of nitrogens with one attached hydrogen (secondary N) is 1. The van der Waals surface area contributed by atoms with E-state index in [9.17, 15) is 0 Å². The van der Waals surface area contributed by atoms with Gasteiger partial charge in [0.1, 0.15) is 34.3 Å². The van der Waals surface area contributed by atoms with Crippen molar-refractivity contribution in [1.82, 2.24) is 5.32 Å². The van der Waals surface area contributed by atoms with E-state index in [0.717, 1.165) is 77.5 Å². The van der Waals surface area contributed by atoms with Gasteiger partial charge in [0.15, 0.2) is 5.84 Å². The van der Waals surface area contributed by atoms with E-state index < -0.39 is 0 Å². The van der Waals surface area contributed by atoms with Crippen LogP contribution in [-0.4, -0.2) is 11.7 Å². The minimum absolute atomic E-state index is 0.326. The Hall–Kier alpha value is -5.94. The van der Waals surface area contributed by atoms with Crippen LogP contribution in [0.1, 0.15) is 22.9 Å². The Bertz CT molecular complexity index is 2420. The zero-order valence-corrected chi connectivity index (χ0v) is 23.6. The maximum absolute atomic E-state index is 6.38. The Morgan fingerprint density at radius 3 is 2.05 bits per heavy atom. The van der Waals surface area contributed by atoms with E-state index >= 15 is 0 Å². The minimum Gasteiger partial charge on any atom is -0.456 e. The molecule has 0 saturated carbocycles. The Labute approximate surface area is 252 Å². The van der Waals surface area contributed by atoms with Crippen LogP contribution < -0.4 is 5.32 Å². The Morgan fingerprint density at radius 2 is 1.18 bits per heavy atom. The number of nitrogens with zero attached hydrogens (tertiary/aromatic N) is 2. The van der Waals surface area contributed by atoms with Gasteiger partial charge in [0.05, 0.1) is 0 Å². The van der Waals surface area contributed by atoms with Crippen LogP contribution in [0.4, 0.5) is 0 Å². The largest absolute Gasteiger partial charge is 0.456 e. The second-order valence-corrected chi connectivity index (χ2v) is 11.0. The molecule has 2 aromatic heterocycles. The number of fused-ring (bicyclic) bond motifs is 6. The maximum atomic E-state index is 6.38. The van der Waals surface area contributed by atoms with Crippen LogP contribution in [0.25, 0.3) is 55.0 Å². The molecule has 6 aromatic carbocycles. The third-order valence-electron chi connectivity index (χ3n) is 8.34. The zero-order chi connectivity index (χ0) is 29.0. The van der Waals surface area contributed by atoms with Crippen molar-refractivity contribution in [2.24, 2.45) is 9.98 Å². The molecule has 3 heterocycles. The molecule has 1 N–H and O–H groups in total. The third-order valence-corrected chi connectivity index (χ3v) is 8.34. The van der Waals surface area contributed by atoms with Crippen molar-refractivity contribution in [2.45, 2.75) is 6.17 Å². The molecule has 9 rings (SSSR count). The van der Waals surface area contributed by atoms with Gasteiger partial charge in [0, 0.05) is 32.7 Å². The van der Waals surface area contributed by atoms with Crippen molar-refractivity contribution in [2.75, 3.05) is 0 Å². The monoisotopic (exact) mass is 567 g/mol. The highest BCUT2D eigenvalue weighted by Crippen LogP contribution is 2.40. The fraction of sp³-hybridized carbons (Fsp3) is 0.0256. The summed E-state index contributed by atoms with van der Waals surface area (Å²) in [4.78, 5) is 10.0. The molecule has 0 amide bonds. The van der Waals surface area contributed by atoms with E-state index in [0.29, 0.717) is 5.84 Å². The minimum atomic E-state index is -0.326. The number of furan rings is 2. The molecule has 5 nitrogen and oxygen atoms in total. The molecule has 0 saturated heterocycles. The number of rotatable bonds is 4. The first-order valence-corrected chi connectivity index (χ1v) is 14.7. The SMILES string of the molecule is c1ccc(C2=NC(c3ccc4oc5cccc(-c6ccc7oc8ccccc8c7c6)c5c4c3)NC(c3ccccc3)=N2)cc1. The average Bonchev–Trinajstić information content (AvgIpc) is 3.66. The summed E-state index contributed by atoms with van der Waals surface area (Å²) in [5.41, 5.74) is 8.71. The second-order valence-electron chi connectivity index (χ2n) is 11.0. The molecule has 0 fully saturated rings. The van der Waals surface area contributed by atoms with Gasteiger partial charge in [-0.05, 0) is 53.1 Å². The molecule has 5 heteroatoms. The van der Waals surface area contributed by atoms with Gasteiger partial charge >= 0.3 is 0 Å². The molecule has 8 aromatic rings. The Balaban J connectivity index is 1.20. The molecule has 0 spiro atoms. The number of hydrogen-bond acceptors (Lipinski definition) is 5. The average molecular weight is 568 g/mol. The van der Waals surface area contributed by atoms with Crippen LogP contribution in [0.5, 0.6) is 0 Å². The molecular formula is C39H25N3O2. The molecule has 208 valence electrons. The number of aliphatic imine (C=N–C) groups is 2. The molecule has 0 radical (unpaired) electrons. The van der Waals surface area contributed by atoms with Crippen LogP contribution in [0.2, 0.25) is 0 Å². The van der Waals surface area contributed by atoms with Crippen molar-refractivity contribution in [3.8, 4) is 11.1 Å². The first-order chi connectivity index (χ1) is 21.8. The van der Waals surface area contributed by atoms with Gasteiger partial charge in [0.25, 0.3) is 0 Å². The van der Waals surface area contributed by atoms with Crippen molar-refractivity contribution in [3.63, 3.8) is 0 Å². The van der Waals surface area contributed by atoms with E-state index in [1.807, 2.05) is 66.7 Å². The first kappa shape index (κ1) is 24.6. The van der Waals surface area contributed by atoms with Crippen LogP contribution in [0.15, 0.2) is 158 Å². The summed E-state index contributed by atoms with van der Waals surface area (Å²) in [5.74, 6) is 1.50. The summed E-state index contributed by atoms with van der Waals surface area (Å²) in [6.07, 6.45) is -0.326. The first-order valence-electron chi connectivity index (χ1n) is 14.7. The standard InChI is InChI=1S/C39H25N3O2/c1-3-10-24(11-4-1)37-40-38(25-12-5-2-6-13-25)42-39(41-37)27-19-21-34-31(23-27)36-28(15-9-17-35(36)44-34)26-18-20-33-30(22-26)29-14-7-8-16-32(29)43-33/h1-23,39H,(H,40,41,42). The van der Waals surface area contributed by atoms with E-state index in [4.69, 9.17) is 18.8 Å². The smallest absolute Gasteiger partial charge is 0.159 e. The van der Waals surface area contributed by atoms with Crippen LogP contribution >= 0.6 is 0 Å². The van der Waals surface area contributed by atoms with Crippen molar-refractivity contribution < 1.29 is 8.83 Å². The van der Waals surface area contributed by atoms with Gasteiger partial charge in [-0.1, -0.05) is 103 Å². The van der Waals surface area contributed by atoms with Crippen LogP contribution in [0.3, 0.4) is 0 Å². The highest BCUT2D eigenvalue weighted by Gasteiger charge is 2.22. The van der Waals surface area contributed by atoms with E-state index in [1.165, 1.54) is 0 Å². The fourth-order valence-corrected chi connectivity index (χ4v) is 6.23. The number of benzene rings is 6. The van der Waals surface area contributed by atoms with Gasteiger partial charge in [-0.2, -0.15) is 0 Å². The van der Waals surface area contributed by atoms with Crippen molar-refractivity contribution >= 4 is 55.5 Å². The van der Waals surface area contributed by atoms with E-state index in [2.05, 4.69) is 78.1 Å². The normalized spacial score (nSPS) is 15.0. The predicted octanol–water partition coefficient (Wildman–Crippen LogP) is 9.65. The molecule has 0 aliphatic carbocycles. The molecule has 1 aliphatic rings. The zero-order valence-electron chi connectivity index (χ0n) is 23.6. The highest BCUT2D eigenvalue weighted by atomic mass is 16.3. The van der Waals surface area contributed by atoms with Crippen molar-refractivity contribution in [1.29, 1.82) is 0 Å². The number of para-hydroxylation sites is 1.